The summed E-state index contributed by atoms with van der Waals surface area (Å²) in [5, 5.41) is 15.4. The molecule has 0 unspecified atom stereocenters. The minimum Gasteiger partial charge on any atom is -0.394 e. The highest BCUT2D eigenvalue weighted by Crippen LogP contribution is 2.19. The maximum Gasteiger partial charge on any atom is 0.315 e. The number of urea groups is 1. The first-order chi connectivity index (χ1) is 12.7. The molecule has 2 fully saturated rings. The van der Waals surface area contributed by atoms with Gasteiger partial charge in [-0.15, -0.1) is 0 Å². The van der Waals surface area contributed by atoms with E-state index >= 15 is 0 Å². The van der Waals surface area contributed by atoms with Crippen LogP contribution in [0.4, 0.5) is 4.79 Å². The van der Waals surface area contributed by atoms with Gasteiger partial charge in [0.2, 0.25) is 5.91 Å². The monoisotopic (exact) mass is 367 g/mol. The number of rotatable bonds is 5. The van der Waals surface area contributed by atoms with Gasteiger partial charge in [0.1, 0.15) is 6.10 Å². The van der Waals surface area contributed by atoms with Crippen molar-refractivity contribution in [2.24, 2.45) is 0 Å². The molecule has 0 aromatic carbocycles. The first-order valence-electron chi connectivity index (χ1n) is 9.53. The summed E-state index contributed by atoms with van der Waals surface area (Å²) >= 11 is 0. The van der Waals surface area contributed by atoms with Gasteiger partial charge in [0.05, 0.1) is 38.4 Å². The number of aliphatic hydroxyl groups is 1. The fourth-order valence-electron chi connectivity index (χ4n) is 3.70. The van der Waals surface area contributed by atoms with E-state index in [0.717, 1.165) is 25.7 Å². The number of amides is 3. The molecule has 1 saturated carbocycles. The summed E-state index contributed by atoms with van der Waals surface area (Å²) in [6.07, 6.45) is 7.22. The highest BCUT2D eigenvalue weighted by molar-refractivity contribution is 5.77. The summed E-state index contributed by atoms with van der Waals surface area (Å²) in [4.78, 5) is 26.2. The predicted octanol–water partition coefficient (Wildman–Crippen LogP) is 0.162. The molecular weight excluding hydrogens is 338 g/mol. The van der Waals surface area contributed by atoms with Crippen LogP contribution in [0.2, 0.25) is 0 Å². The second-order valence-electron chi connectivity index (χ2n) is 7.10. The maximum atomic E-state index is 12.3. The zero-order valence-electron chi connectivity index (χ0n) is 15.1. The topological polar surface area (TPSA) is 100 Å². The van der Waals surface area contributed by atoms with Crippen LogP contribution in [0.3, 0.4) is 0 Å². The van der Waals surface area contributed by atoms with Gasteiger partial charge >= 0.3 is 6.03 Å². The third-order valence-electron chi connectivity index (χ3n) is 5.19. The van der Waals surface area contributed by atoms with E-state index in [-0.39, 0.29) is 31.0 Å². The molecule has 1 aliphatic carbocycles. The number of morpholine rings is 1. The van der Waals surface area contributed by atoms with Crippen molar-refractivity contribution in [2.75, 3.05) is 32.9 Å². The number of aliphatic hydroxyl groups excluding tert-OH is 1. The lowest BCUT2D eigenvalue weighted by Crippen LogP contribution is -2.53. The predicted molar refractivity (Wildman–Crippen MR) is 94.6 cm³/mol. The molecule has 0 aromatic rings. The molecular formula is C18H29N3O5. The molecule has 1 saturated heterocycles. The Hall–Kier alpha value is -1.64. The normalized spacial score (nSPS) is 29.6. The van der Waals surface area contributed by atoms with Gasteiger partial charge in [0.15, 0.2) is 0 Å². The van der Waals surface area contributed by atoms with E-state index in [0.29, 0.717) is 26.3 Å². The maximum absolute atomic E-state index is 12.3. The Morgan fingerprint density at radius 3 is 2.54 bits per heavy atom. The number of nitrogens with one attached hydrogen (secondary N) is 2. The Bertz CT molecular complexity index is 515. The molecule has 3 rings (SSSR count). The molecule has 8 heteroatoms. The van der Waals surface area contributed by atoms with Gasteiger partial charge in [0.25, 0.3) is 0 Å². The summed E-state index contributed by atoms with van der Waals surface area (Å²) in [6, 6.07) is -0.414. The van der Waals surface area contributed by atoms with Gasteiger partial charge in [-0.1, -0.05) is 25.0 Å². The number of carbonyl (C=O) groups is 2. The first-order valence-corrected chi connectivity index (χ1v) is 9.53. The van der Waals surface area contributed by atoms with Crippen LogP contribution in [0.1, 0.15) is 32.1 Å². The third-order valence-corrected chi connectivity index (χ3v) is 5.19. The summed E-state index contributed by atoms with van der Waals surface area (Å²) in [7, 11) is 0. The van der Waals surface area contributed by atoms with Crippen molar-refractivity contribution in [2.45, 2.75) is 56.4 Å². The molecule has 0 aromatic heterocycles. The highest BCUT2D eigenvalue weighted by Gasteiger charge is 2.30. The molecule has 3 amide bonds. The van der Waals surface area contributed by atoms with Crippen LogP contribution in [0.5, 0.6) is 0 Å². The van der Waals surface area contributed by atoms with E-state index < -0.39 is 18.2 Å². The highest BCUT2D eigenvalue weighted by atomic mass is 16.5. The average molecular weight is 367 g/mol. The number of nitrogens with zero attached hydrogens (tertiary/aromatic N) is 1. The Kier molecular flexibility index (Phi) is 6.87. The quantitative estimate of drug-likeness (QED) is 0.601. The van der Waals surface area contributed by atoms with Crippen LogP contribution >= 0.6 is 0 Å². The fraction of sp³-hybridized carbons (Fsp3) is 0.778. The molecule has 3 atom stereocenters. The Balaban J connectivity index is 1.49. The summed E-state index contributed by atoms with van der Waals surface area (Å²) in [6.45, 7) is 2.11. The van der Waals surface area contributed by atoms with Crippen LogP contribution in [0.25, 0.3) is 0 Å². The standard InChI is InChI=1S/C18H29N3O5/c22-12-16-15(20-18(24)19-13-3-1-2-4-13)6-5-14(26-16)11-17(23)21-7-9-25-10-8-21/h5-6,13-16,22H,1-4,7-12H2,(H2,19,20,24)/t14-,15+,16-/m1/s1. The number of carbonyl (C=O) groups excluding carboxylic acids is 2. The number of hydrogen-bond acceptors (Lipinski definition) is 5. The van der Waals surface area contributed by atoms with Crippen LogP contribution in [0, 0.1) is 0 Å². The molecule has 146 valence electrons. The van der Waals surface area contributed by atoms with Crippen molar-refractivity contribution in [1.29, 1.82) is 0 Å². The van der Waals surface area contributed by atoms with Gasteiger partial charge in [-0.05, 0) is 12.8 Å². The van der Waals surface area contributed by atoms with Crippen molar-refractivity contribution in [3.05, 3.63) is 12.2 Å². The zero-order chi connectivity index (χ0) is 18.4. The van der Waals surface area contributed by atoms with Crippen LogP contribution < -0.4 is 10.6 Å². The Morgan fingerprint density at radius 1 is 1.12 bits per heavy atom. The molecule has 2 heterocycles. The van der Waals surface area contributed by atoms with Crippen molar-refractivity contribution >= 4 is 11.9 Å². The van der Waals surface area contributed by atoms with Gasteiger partial charge in [-0.2, -0.15) is 0 Å². The summed E-state index contributed by atoms with van der Waals surface area (Å²) < 4.78 is 11.1. The van der Waals surface area contributed by atoms with Gasteiger partial charge in [0, 0.05) is 19.1 Å². The Labute approximate surface area is 153 Å². The van der Waals surface area contributed by atoms with E-state index in [1.807, 2.05) is 6.08 Å². The SMILES string of the molecule is O=C(NC1CCCC1)N[C@H]1C=C[C@H](CC(=O)N2CCOCC2)O[C@@H]1CO. The first kappa shape index (κ1) is 19.1. The Morgan fingerprint density at radius 2 is 1.85 bits per heavy atom. The third kappa shape index (κ3) is 5.18. The molecule has 0 spiro atoms. The van der Waals surface area contributed by atoms with E-state index in [4.69, 9.17) is 9.47 Å². The van der Waals surface area contributed by atoms with Crippen molar-refractivity contribution in [1.82, 2.24) is 15.5 Å². The van der Waals surface area contributed by atoms with Crippen LogP contribution in [-0.4, -0.2) is 79.1 Å². The van der Waals surface area contributed by atoms with Crippen molar-refractivity contribution in [3.63, 3.8) is 0 Å². The second kappa shape index (κ2) is 9.34. The molecule has 0 radical (unpaired) electrons. The average Bonchev–Trinajstić information content (AvgIpc) is 3.16. The van der Waals surface area contributed by atoms with Gasteiger partial charge < -0.3 is 30.1 Å². The molecule has 8 nitrogen and oxygen atoms in total. The lowest BCUT2D eigenvalue weighted by atomic mass is 10.0. The largest absolute Gasteiger partial charge is 0.394 e. The zero-order valence-corrected chi connectivity index (χ0v) is 15.1. The minimum atomic E-state index is -0.559. The lowest BCUT2D eigenvalue weighted by Gasteiger charge is -2.33. The van der Waals surface area contributed by atoms with Gasteiger partial charge in [-0.25, -0.2) is 4.79 Å². The number of ether oxygens (including phenoxy) is 2. The van der Waals surface area contributed by atoms with E-state index in [1.54, 1.807) is 11.0 Å². The second-order valence-corrected chi connectivity index (χ2v) is 7.10. The number of hydrogen-bond donors (Lipinski definition) is 3. The summed E-state index contributed by atoms with van der Waals surface area (Å²) in [5.41, 5.74) is 0. The van der Waals surface area contributed by atoms with Gasteiger partial charge in [-0.3, -0.25) is 4.79 Å². The molecule has 3 N–H and O–H groups in total. The summed E-state index contributed by atoms with van der Waals surface area (Å²) in [5.74, 6) is 0.0185. The smallest absolute Gasteiger partial charge is 0.315 e. The minimum absolute atomic E-state index is 0.0185. The van der Waals surface area contributed by atoms with Crippen molar-refractivity contribution < 1.29 is 24.2 Å². The molecule has 3 aliphatic rings. The molecule has 0 bridgehead atoms. The molecule has 26 heavy (non-hydrogen) atoms. The molecule has 2 aliphatic heterocycles. The van der Waals surface area contributed by atoms with E-state index in [2.05, 4.69) is 10.6 Å². The van der Waals surface area contributed by atoms with Crippen LogP contribution in [-0.2, 0) is 14.3 Å². The van der Waals surface area contributed by atoms with E-state index in [9.17, 15) is 14.7 Å². The van der Waals surface area contributed by atoms with E-state index in [1.165, 1.54) is 0 Å². The lowest BCUT2D eigenvalue weighted by molar-refractivity contribution is -0.139. The van der Waals surface area contributed by atoms with Crippen molar-refractivity contribution in [3.8, 4) is 0 Å². The van der Waals surface area contributed by atoms with Crippen LogP contribution in [0.15, 0.2) is 12.2 Å². The fourth-order valence-corrected chi connectivity index (χ4v) is 3.70.